The molecule has 1 N–H and O–H groups in total. The van der Waals surface area contributed by atoms with Crippen molar-refractivity contribution in [3.05, 3.63) is 36.7 Å². The van der Waals surface area contributed by atoms with Crippen LogP contribution in [0.3, 0.4) is 0 Å². The van der Waals surface area contributed by atoms with E-state index in [0.717, 1.165) is 12.2 Å². The zero-order valence-electron chi connectivity index (χ0n) is 7.04. The Morgan fingerprint density at radius 2 is 2.25 bits per heavy atom. The van der Waals surface area contributed by atoms with Crippen LogP contribution in [-0.4, -0.2) is 6.54 Å². The molecule has 0 aromatic heterocycles. The van der Waals surface area contributed by atoms with E-state index in [-0.39, 0.29) is 0 Å². The summed E-state index contributed by atoms with van der Waals surface area (Å²) < 4.78 is 0. The lowest BCUT2D eigenvalue weighted by Crippen LogP contribution is -2.19. The molecule has 1 aliphatic rings. The van der Waals surface area contributed by atoms with Gasteiger partial charge in [0.05, 0.1) is 17.6 Å². The van der Waals surface area contributed by atoms with E-state index >= 15 is 0 Å². The second-order valence-corrected chi connectivity index (χ2v) is 2.70. The maximum Gasteiger partial charge on any atom is 0.0804 e. The van der Waals surface area contributed by atoms with Crippen LogP contribution < -0.4 is 10.2 Å². The number of para-hydroxylation sites is 2. The molecule has 0 unspecified atom stereocenters. The fraction of sp³-hybridized carbons (Fsp3) is 0.200. The molecule has 0 atom stereocenters. The second-order valence-electron chi connectivity index (χ2n) is 2.70. The van der Waals surface area contributed by atoms with Crippen molar-refractivity contribution in [3.8, 4) is 0 Å². The molecule has 1 aliphatic heterocycles. The summed E-state index contributed by atoms with van der Waals surface area (Å²) in [5.74, 6) is 0. The van der Waals surface area contributed by atoms with Gasteiger partial charge in [0.1, 0.15) is 0 Å². The van der Waals surface area contributed by atoms with Crippen molar-refractivity contribution in [2.45, 2.75) is 6.92 Å². The van der Waals surface area contributed by atoms with Crippen molar-refractivity contribution in [1.29, 1.82) is 0 Å². The first-order valence-corrected chi connectivity index (χ1v) is 4.12. The monoisotopic (exact) mass is 159 g/mol. The lowest BCUT2D eigenvalue weighted by molar-refractivity contribution is 1.00. The van der Waals surface area contributed by atoms with Crippen molar-refractivity contribution in [3.63, 3.8) is 0 Å². The Kier molecular flexibility index (Phi) is 1.74. The highest BCUT2D eigenvalue weighted by atomic mass is 15.2. The molecule has 1 heterocycles. The molecule has 0 saturated heterocycles. The molecule has 0 spiro atoms. The van der Waals surface area contributed by atoms with E-state index in [4.69, 9.17) is 0 Å². The zero-order chi connectivity index (χ0) is 8.39. The normalized spacial score (nSPS) is 13.9. The number of rotatable bonds is 1. The summed E-state index contributed by atoms with van der Waals surface area (Å²) in [6, 6.07) is 8.22. The summed E-state index contributed by atoms with van der Waals surface area (Å²) in [7, 11) is 0. The van der Waals surface area contributed by atoms with E-state index < -0.39 is 0 Å². The van der Waals surface area contributed by atoms with Crippen molar-refractivity contribution in [2.24, 2.45) is 0 Å². The average Bonchev–Trinajstić information content (AvgIpc) is 2.17. The first kappa shape index (κ1) is 7.22. The minimum atomic E-state index is 0.978. The third kappa shape index (κ3) is 1.05. The van der Waals surface area contributed by atoms with Gasteiger partial charge in [-0.1, -0.05) is 12.1 Å². The van der Waals surface area contributed by atoms with Crippen LogP contribution in [0.15, 0.2) is 30.5 Å². The van der Waals surface area contributed by atoms with Crippen LogP contribution in [0.4, 0.5) is 11.4 Å². The molecule has 2 heteroatoms. The van der Waals surface area contributed by atoms with Crippen LogP contribution in [0.1, 0.15) is 6.92 Å². The van der Waals surface area contributed by atoms with Crippen LogP contribution in [0.5, 0.6) is 0 Å². The summed E-state index contributed by atoms with van der Waals surface area (Å²) >= 11 is 0. The van der Waals surface area contributed by atoms with E-state index in [1.54, 1.807) is 0 Å². The van der Waals surface area contributed by atoms with Crippen molar-refractivity contribution >= 4 is 11.4 Å². The predicted molar refractivity (Wildman–Crippen MR) is 50.9 cm³/mol. The van der Waals surface area contributed by atoms with Crippen LogP contribution in [0, 0.1) is 6.20 Å². The largest absolute Gasteiger partial charge is 0.351 e. The molecule has 12 heavy (non-hydrogen) atoms. The molecule has 1 radical (unpaired) electrons. The number of nitrogens with one attached hydrogen (secondary N) is 1. The first-order chi connectivity index (χ1) is 5.92. The van der Waals surface area contributed by atoms with E-state index in [1.807, 2.05) is 18.3 Å². The predicted octanol–water partition coefficient (Wildman–Crippen LogP) is 2.21. The summed E-state index contributed by atoms with van der Waals surface area (Å²) in [6.45, 7) is 3.10. The maximum absolute atomic E-state index is 3.08. The van der Waals surface area contributed by atoms with Crippen LogP contribution in [-0.2, 0) is 0 Å². The van der Waals surface area contributed by atoms with Crippen LogP contribution >= 0.6 is 0 Å². The van der Waals surface area contributed by atoms with E-state index in [2.05, 4.69) is 35.5 Å². The van der Waals surface area contributed by atoms with Gasteiger partial charge < -0.3 is 10.2 Å². The van der Waals surface area contributed by atoms with Gasteiger partial charge in [-0.25, -0.2) is 0 Å². The standard InChI is InChI=1S/C10H11N2/c1-2-12-8-7-11-9-5-3-4-6-10(9)12/h3-6,8,11H,2H2,1H3. The van der Waals surface area contributed by atoms with Gasteiger partial charge in [0.2, 0.25) is 0 Å². The summed E-state index contributed by atoms with van der Waals surface area (Å²) in [6.07, 6.45) is 4.93. The number of nitrogens with zero attached hydrogens (tertiary/aromatic N) is 1. The van der Waals surface area contributed by atoms with Gasteiger partial charge in [-0.3, -0.25) is 0 Å². The first-order valence-electron chi connectivity index (χ1n) is 4.12. The molecule has 61 valence electrons. The Balaban J connectivity index is 2.43. The van der Waals surface area contributed by atoms with E-state index in [1.165, 1.54) is 5.69 Å². The molecule has 0 bridgehead atoms. The minimum absolute atomic E-state index is 0.978. The minimum Gasteiger partial charge on any atom is -0.351 e. The quantitative estimate of drug-likeness (QED) is 0.675. The second kappa shape index (κ2) is 2.89. The smallest absolute Gasteiger partial charge is 0.0804 e. The summed E-state index contributed by atoms with van der Waals surface area (Å²) in [5, 5.41) is 3.08. The van der Waals surface area contributed by atoms with Crippen molar-refractivity contribution < 1.29 is 0 Å². The molecule has 2 nitrogen and oxygen atoms in total. The Morgan fingerprint density at radius 1 is 1.42 bits per heavy atom. The highest BCUT2D eigenvalue weighted by Gasteiger charge is 2.08. The van der Waals surface area contributed by atoms with Gasteiger partial charge in [0.25, 0.3) is 0 Å². The molecule has 0 aliphatic carbocycles. The Morgan fingerprint density at radius 3 is 3.08 bits per heavy atom. The van der Waals surface area contributed by atoms with Gasteiger partial charge in [-0.2, -0.15) is 0 Å². The summed E-state index contributed by atoms with van der Waals surface area (Å²) in [4.78, 5) is 2.16. The molecular weight excluding hydrogens is 148 g/mol. The van der Waals surface area contributed by atoms with Gasteiger partial charge in [-0.05, 0) is 19.1 Å². The van der Waals surface area contributed by atoms with E-state index in [0.29, 0.717) is 0 Å². The van der Waals surface area contributed by atoms with Crippen molar-refractivity contribution in [2.75, 3.05) is 16.8 Å². The van der Waals surface area contributed by atoms with Crippen molar-refractivity contribution in [1.82, 2.24) is 0 Å². The zero-order valence-corrected chi connectivity index (χ0v) is 7.04. The lowest BCUT2D eigenvalue weighted by Gasteiger charge is -2.24. The molecule has 0 saturated carbocycles. The van der Waals surface area contributed by atoms with E-state index in [9.17, 15) is 0 Å². The third-order valence-electron chi connectivity index (χ3n) is 1.98. The lowest BCUT2D eigenvalue weighted by atomic mass is 10.2. The maximum atomic E-state index is 3.08. The number of benzene rings is 1. The topological polar surface area (TPSA) is 15.3 Å². The van der Waals surface area contributed by atoms with Gasteiger partial charge >= 0.3 is 0 Å². The fourth-order valence-corrected chi connectivity index (χ4v) is 1.35. The Labute approximate surface area is 72.5 Å². The van der Waals surface area contributed by atoms with Gasteiger partial charge in [0, 0.05) is 12.7 Å². The Hall–Kier alpha value is -1.44. The highest BCUT2D eigenvalue weighted by molar-refractivity contribution is 5.73. The average molecular weight is 159 g/mol. The number of fused-ring (bicyclic) bond motifs is 1. The molecule has 0 fully saturated rings. The highest BCUT2D eigenvalue weighted by Crippen LogP contribution is 2.27. The number of anilines is 2. The number of hydrogen-bond donors (Lipinski definition) is 1. The third-order valence-corrected chi connectivity index (χ3v) is 1.98. The molecule has 1 aromatic rings. The SMILES string of the molecule is CCN1C=[C]Nc2ccccc21. The van der Waals surface area contributed by atoms with Crippen LogP contribution in [0.25, 0.3) is 0 Å². The Bertz CT molecular complexity index is 304. The molecule has 2 rings (SSSR count). The van der Waals surface area contributed by atoms with Crippen LogP contribution in [0.2, 0.25) is 0 Å². The fourth-order valence-electron chi connectivity index (χ4n) is 1.35. The molecular formula is C10H11N2. The van der Waals surface area contributed by atoms with Gasteiger partial charge in [-0.15, -0.1) is 0 Å². The summed E-state index contributed by atoms with van der Waals surface area (Å²) in [5.41, 5.74) is 2.35. The van der Waals surface area contributed by atoms with Gasteiger partial charge in [0.15, 0.2) is 0 Å². The molecule has 0 amide bonds. The molecule has 1 aromatic carbocycles. The number of hydrogen-bond acceptors (Lipinski definition) is 2.